The van der Waals surface area contributed by atoms with Crippen molar-refractivity contribution >= 4 is 33.6 Å². The third-order valence-electron chi connectivity index (χ3n) is 3.27. The number of carbonyl (C=O) groups excluding carboxylic acids is 1. The molecule has 0 aliphatic rings. The van der Waals surface area contributed by atoms with Crippen molar-refractivity contribution in [3.8, 4) is 23.3 Å². The van der Waals surface area contributed by atoms with Crippen LogP contribution in [0.3, 0.4) is 0 Å². The molecule has 0 spiro atoms. The van der Waals surface area contributed by atoms with E-state index < -0.39 is 5.91 Å². The number of ether oxygens (including phenoxy) is 2. The molecule has 2 rings (SSSR count). The van der Waals surface area contributed by atoms with Gasteiger partial charge in [0, 0.05) is 11.8 Å². The molecule has 2 aromatic rings. The summed E-state index contributed by atoms with van der Waals surface area (Å²) in [5, 5.41) is 21.7. The quantitative estimate of drug-likeness (QED) is 0.587. The van der Waals surface area contributed by atoms with E-state index in [2.05, 4.69) is 21.2 Å². The summed E-state index contributed by atoms with van der Waals surface area (Å²) in [6.07, 6.45) is 1.40. The summed E-state index contributed by atoms with van der Waals surface area (Å²) in [4.78, 5) is 12.3. The number of nitrogens with zero attached hydrogens (tertiary/aromatic N) is 1. The zero-order chi connectivity index (χ0) is 18.4. The summed E-state index contributed by atoms with van der Waals surface area (Å²) in [5.41, 5.74) is 0.941. The molecule has 0 radical (unpaired) electrons. The summed E-state index contributed by atoms with van der Waals surface area (Å²) in [6.45, 7) is 0. The van der Waals surface area contributed by atoms with Gasteiger partial charge in [0.25, 0.3) is 5.91 Å². The summed E-state index contributed by atoms with van der Waals surface area (Å²) in [7, 11) is 2.94. The van der Waals surface area contributed by atoms with Crippen molar-refractivity contribution in [2.45, 2.75) is 0 Å². The number of rotatable bonds is 5. The first-order valence-corrected chi connectivity index (χ1v) is 7.91. The molecule has 0 atom stereocenters. The van der Waals surface area contributed by atoms with E-state index in [0.29, 0.717) is 21.5 Å². The van der Waals surface area contributed by atoms with Gasteiger partial charge in [0.1, 0.15) is 17.4 Å². The van der Waals surface area contributed by atoms with Crippen molar-refractivity contribution in [1.29, 1.82) is 5.26 Å². The van der Waals surface area contributed by atoms with Gasteiger partial charge in [0.05, 0.1) is 18.7 Å². The lowest BCUT2D eigenvalue weighted by Gasteiger charge is -2.08. The van der Waals surface area contributed by atoms with Crippen LogP contribution in [0.15, 0.2) is 46.4 Å². The minimum atomic E-state index is -0.557. The Bertz CT molecular complexity index is 872. The number of phenolic OH excluding ortho intramolecular Hbond substituents is 1. The molecular formula is C18H15BrN2O4. The van der Waals surface area contributed by atoms with E-state index in [9.17, 15) is 15.2 Å². The number of halogens is 1. The lowest BCUT2D eigenvalue weighted by molar-refractivity contribution is -0.112. The molecule has 0 aliphatic heterocycles. The van der Waals surface area contributed by atoms with Crippen molar-refractivity contribution in [2.75, 3.05) is 19.5 Å². The van der Waals surface area contributed by atoms with Gasteiger partial charge in [-0.3, -0.25) is 4.79 Å². The Hall–Kier alpha value is -2.98. The van der Waals surface area contributed by atoms with Gasteiger partial charge in [0.15, 0.2) is 11.5 Å². The van der Waals surface area contributed by atoms with Crippen molar-refractivity contribution in [1.82, 2.24) is 0 Å². The van der Waals surface area contributed by atoms with Crippen LogP contribution in [-0.4, -0.2) is 25.2 Å². The Morgan fingerprint density at radius 3 is 2.68 bits per heavy atom. The normalized spacial score (nSPS) is 10.7. The number of anilines is 1. The van der Waals surface area contributed by atoms with Crippen LogP contribution in [0.2, 0.25) is 0 Å². The topological polar surface area (TPSA) is 91.6 Å². The molecule has 7 heteroatoms. The first kappa shape index (κ1) is 18.4. The minimum absolute atomic E-state index is 0.0565. The number of carbonyl (C=O) groups is 1. The molecule has 2 N–H and O–H groups in total. The van der Waals surface area contributed by atoms with E-state index in [4.69, 9.17) is 9.47 Å². The monoisotopic (exact) mass is 402 g/mol. The number of nitriles is 1. The molecular weight excluding hydrogens is 388 g/mol. The van der Waals surface area contributed by atoms with Gasteiger partial charge in [-0.2, -0.15) is 5.26 Å². The van der Waals surface area contributed by atoms with Crippen molar-refractivity contribution in [2.24, 2.45) is 0 Å². The number of nitrogens with one attached hydrogen (secondary N) is 1. The molecule has 0 heterocycles. The third-order valence-corrected chi connectivity index (χ3v) is 3.88. The Morgan fingerprint density at radius 1 is 1.28 bits per heavy atom. The highest BCUT2D eigenvalue weighted by Crippen LogP contribution is 2.35. The van der Waals surface area contributed by atoms with Crippen molar-refractivity contribution in [3.63, 3.8) is 0 Å². The Kier molecular flexibility index (Phi) is 6.03. The smallest absolute Gasteiger partial charge is 0.266 e. The molecule has 2 aromatic carbocycles. The van der Waals surface area contributed by atoms with E-state index in [0.717, 1.165) is 0 Å². The second kappa shape index (κ2) is 8.22. The molecule has 0 unspecified atom stereocenters. The van der Waals surface area contributed by atoms with Crippen LogP contribution >= 0.6 is 15.9 Å². The van der Waals surface area contributed by atoms with Gasteiger partial charge in [-0.1, -0.05) is 6.07 Å². The molecule has 0 bridgehead atoms. The molecule has 0 aliphatic carbocycles. The molecule has 128 valence electrons. The van der Waals surface area contributed by atoms with E-state index in [1.807, 2.05) is 6.07 Å². The number of hydrogen-bond acceptors (Lipinski definition) is 5. The van der Waals surface area contributed by atoms with Crippen LogP contribution in [0, 0.1) is 11.3 Å². The number of amides is 1. The minimum Gasteiger partial charge on any atom is -0.503 e. The second-order valence-corrected chi connectivity index (χ2v) is 5.76. The van der Waals surface area contributed by atoms with Gasteiger partial charge in [-0.15, -0.1) is 0 Å². The maximum Gasteiger partial charge on any atom is 0.266 e. The predicted molar refractivity (Wildman–Crippen MR) is 97.6 cm³/mol. The van der Waals surface area contributed by atoms with Crippen molar-refractivity contribution in [3.05, 3.63) is 52.0 Å². The number of aromatic hydroxyl groups is 1. The lowest BCUT2D eigenvalue weighted by Crippen LogP contribution is -2.13. The van der Waals surface area contributed by atoms with Gasteiger partial charge < -0.3 is 19.9 Å². The van der Waals surface area contributed by atoms with Crippen LogP contribution in [-0.2, 0) is 4.79 Å². The maximum atomic E-state index is 12.3. The number of phenols is 1. The molecule has 6 nitrogen and oxygen atoms in total. The highest BCUT2D eigenvalue weighted by Gasteiger charge is 2.12. The first-order chi connectivity index (χ1) is 12.0. The Balaban J connectivity index is 2.29. The fourth-order valence-corrected chi connectivity index (χ4v) is 2.51. The standard InChI is InChI=1S/C18H15BrN2O4/c1-24-14-5-3-4-13(9-14)21-18(23)12(10-20)6-11-7-15(19)17(22)16(8-11)25-2/h3-9,22H,1-2H3,(H,21,23)/b12-6+. The summed E-state index contributed by atoms with van der Waals surface area (Å²) in [5.74, 6) is 0.205. The summed E-state index contributed by atoms with van der Waals surface area (Å²) in [6, 6.07) is 11.8. The molecule has 0 aromatic heterocycles. The second-order valence-electron chi connectivity index (χ2n) is 4.91. The van der Waals surface area contributed by atoms with Crippen LogP contribution in [0.25, 0.3) is 6.08 Å². The van der Waals surface area contributed by atoms with Crippen LogP contribution < -0.4 is 14.8 Å². The molecule has 1 amide bonds. The van der Waals surface area contributed by atoms with E-state index in [-0.39, 0.29) is 17.1 Å². The fraction of sp³-hybridized carbons (Fsp3) is 0.111. The number of hydrogen-bond donors (Lipinski definition) is 2. The van der Waals surface area contributed by atoms with Gasteiger partial charge in [-0.05, 0) is 51.8 Å². The van der Waals surface area contributed by atoms with Crippen molar-refractivity contribution < 1.29 is 19.4 Å². The highest BCUT2D eigenvalue weighted by molar-refractivity contribution is 9.10. The largest absolute Gasteiger partial charge is 0.503 e. The van der Waals surface area contributed by atoms with Gasteiger partial charge in [-0.25, -0.2) is 0 Å². The van der Waals surface area contributed by atoms with E-state index in [1.54, 1.807) is 30.3 Å². The maximum absolute atomic E-state index is 12.3. The lowest BCUT2D eigenvalue weighted by atomic mass is 10.1. The first-order valence-electron chi connectivity index (χ1n) is 7.12. The SMILES string of the molecule is COc1cccc(NC(=O)/C(C#N)=C/c2cc(Br)c(O)c(OC)c2)c1. The Labute approximate surface area is 153 Å². The summed E-state index contributed by atoms with van der Waals surface area (Å²) >= 11 is 3.20. The number of methoxy groups -OCH3 is 2. The fourth-order valence-electron chi connectivity index (χ4n) is 2.05. The van der Waals surface area contributed by atoms with Crippen LogP contribution in [0.4, 0.5) is 5.69 Å². The number of benzene rings is 2. The highest BCUT2D eigenvalue weighted by atomic mass is 79.9. The molecule has 0 saturated carbocycles. The zero-order valence-electron chi connectivity index (χ0n) is 13.5. The van der Waals surface area contributed by atoms with E-state index >= 15 is 0 Å². The average molecular weight is 403 g/mol. The van der Waals surface area contributed by atoms with Gasteiger partial charge in [0.2, 0.25) is 0 Å². The Morgan fingerprint density at radius 2 is 2.04 bits per heavy atom. The molecule has 0 fully saturated rings. The molecule has 0 saturated heterocycles. The van der Waals surface area contributed by atoms with E-state index in [1.165, 1.54) is 26.4 Å². The predicted octanol–water partition coefficient (Wildman–Crippen LogP) is 3.72. The van der Waals surface area contributed by atoms with Crippen LogP contribution in [0.5, 0.6) is 17.2 Å². The average Bonchev–Trinajstić information content (AvgIpc) is 2.62. The third kappa shape index (κ3) is 4.52. The summed E-state index contributed by atoms with van der Waals surface area (Å²) < 4.78 is 10.5. The van der Waals surface area contributed by atoms with Crippen LogP contribution in [0.1, 0.15) is 5.56 Å². The van der Waals surface area contributed by atoms with Gasteiger partial charge >= 0.3 is 0 Å². The zero-order valence-corrected chi connectivity index (χ0v) is 15.1. The molecule has 25 heavy (non-hydrogen) atoms.